The van der Waals surface area contributed by atoms with Gasteiger partial charge >= 0.3 is 0 Å². The fourth-order valence-electron chi connectivity index (χ4n) is 2.88. The maximum absolute atomic E-state index is 11.0. The van der Waals surface area contributed by atoms with Crippen molar-refractivity contribution in [2.45, 2.75) is 19.9 Å². The van der Waals surface area contributed by atoms with E-state index in [4.69, 9.17) is 5.21 Å². The molecule has 164 valence electrons. The SMILES string of the molecule is C=CC.O=C(/C=C/c1ccc(CN(CCO)CCc2ccc3cc[nH]c3n2)cn1)NO. The summed E-state index contributed by atoms with van der Waals surface area (Å²) in [4.78, 5) is 25.2. The monoisotopic (exact) mass is 423 g/mol. The molecule has 0 unspecified atom stereocenters. The maximum atomic E-state index is 11.0. The third kappa shape index (κ3) is 8.13. The zero-order valence-electron chi connectivity index (χ0n) is 17.7. The van der Waals surface area contributed by atoms with Gasteiger partial charge in [-0.15, -0.1) is 6.58 Å². The number of allylic oxidation sites excluding steroid dienone is 1. The van der Waals surface area contributed by atoms with Crippen molar-refractivity contribution in [1.29, 1.82) is 0 Å². The zero-order valence-corrected chi connectivity index (χ0v) is 17.7. The minimum Gasteiger partial charge on any atom is -0.395 e. The van der Waals surface area contributed by atoms with Gasteiger partial charge in [0.15, 0.2) is 0 Å². The summed E-state index contributed by atoms with van der Waals surface area (Å²) < 4.78 is 0. The van der Waals surface area contributed by atoms with Crippen LogP contribution in [0.5, 0.6) is 0 Å². The number of aliphatic hydroxyl groups excluding tert-OH is 1. The molecule has 0 aliphatic carbocycles. The minimum absolute atomic E-state index is 0.0770. The second-order valence-corrected chi connectivity index (χ2v) is 6.78. The lowest BCUT2D eigenvalue weighted by molar-refractivity contribution is -0.124. The molecule has 0 atom stereocenters. The average Bonchev–Trinajstić information content (AvgIpc) is 3.25. The second-order valence-electron chi connectivity index (χ2n) is 6.78. The summed E-state index contributed by atoms with van der Waals surface area (Å²) in [5.41, 5.74) is 5.03. The third-order valence-electron chi connectivity index (χ3n) is 4.34. The van der Waals surface area contributed by atoms with Gasteiger partial charge in [-0.1, -0.05) is 12.1 Å². The zero-order chi connectivity index (χ0) is 22.5. The van der Waals surface area contributed by atoms with Crippen LogP contribution in [-0.2, 0) is 17.8 Å². The third-order valence-corrected chi connectivity index (χ3v) is 4.34. The fourth-order valence-corrected chi connectivity index (χ4v) is 2.88. The Labute approximate surface area is 181 Å². The number of hydrogen-bond acceptors (Lipinski definition) is 6. The number of amides is 1. The van der Waals surface area contributed by atoms with E-state index in [9.17, 15) is 9.90 Å². The highest BCUT2D eigenvalue weighted by atomic mass is 16.5. The normalized spacial score (nSPS) is 10.8. The van der Waals surface area contributed by atoms with E-state index in [1.165, 1.54) is 17.6 Å². The fraction of sp³-hybridized carbons (Fsp3) is 0.261. The molecule has 0 saturated carbocycles. The lowest BCUT2D eigenvalue weighted by Gasteiger charge is -2.21. The Hall–Kier alpha value is -3.33. The van der Waals surface area contributed by atoms with Gasteiger partial charge in [0, 0.05) is 55.6 Å². The van der Waals surface area contributed by atoms with E-state index in [0.29, 0.717) is 18.8 Å². The van der Waals surface area contributed by atoms with E-state index in [-0.39, 0.29) is 6.61 Å². The van der Waals surface area contributed by atoms with Crippen molar-refractivity contribution >= 4 is 23.0 Å². The van der Waals surface area contributed by atoms with E-state index >= 15 is 0 Å². The predicted molar refractivity (Wildman–Crippen MR) is 121 cm³/mol. The summed E-state index contributed by atoms with van der Waals surface area (Å²) in [6.45, 7) is 7.30. The molecular formula is C23H29N5O3. The molecule has 0 fully saturated rings. The highest BCUT2D eigenvalue weighted by Gasteiger charge is 2.08. The molecule has 8 nitrogen and oxygen atoms in total. The van der Waals surface area contributed by atoms with Gasteiger partial charge in [-0.05, 0) is 42.8 Å². The number of rotatable bonds is 9. The second kappa shape index (κ2) is 13.1. The van der Waals surface area contributed by atoms with Crippen LogP contribution in [0, 0.1) is 0 Å². The van der Waals surface area contributed by atoms with Crippen LogP contribution < -0.4 is 5.48 Å². The van der Waals surface area contributed by atoms with Crippen LogP contribution in [0.4, 0.5) is 0 Å². The molecule has 1 amide bonds. The first-order valence-corrected chi connectivity index (χ1v) is 10.00. The van der Waals surface area contributed by atoms with Crippen molar-refractivity contribution in [2.75, 3.05) is 19.7 Å². The first-order valence-electron chi connectivity index (χ1n) is 10.00. The van der Waals surface area contributed by atoms with E-state index in [2.05, 4.69) is 32.5 Å². The Morgan fingerprint density at radius 1 is 1.26 bits per heavy atom. The van der Waals surface area contributed by atoms with E-state index in [0.717, 1.165) is 35.3 Å². The molecule has 0 spiro atoms. The number of aromatic amines is 1. The van der Waals surface area contributed by atoms with Crippen molar-refractivity contribution in [3.05, 3.63) is 78.4 Å². The van der Waals surface area contributed by atoms with Gasteiger partial charge in [0.05, 0.1) is 12.3 Å². The molecular weight excluding hydrogens is 394 g/mol. The summed E-state index contributed by atoms with van der Waals surface area (Å²) in [6, 6.07) is 9.80. The van der Waals surface area contributed by atoms with Crippen LogP contribution in [0.15, 0.2) is 61.5 Å². The molecule has 31 heavy (non-hydrogen) atoms. The molecule has 0 aliphatic heterocycles. The van der Waals surface area contributed by atoms with Gasteiger partial charge in [-0.25, -0.2) is 10.5 Å². The Kier molecular flexibility index (Phi) is 10.1. The first-order chi connectivity index (χ1) is 15.1. The molecule has 0 aliphatic rings. The van der Waals surface area contributed by atoms with Crippen LogP contribution in [0.3, 0.4) is 0 Å². The predicted octanol–water partition coefficient (Wildman–Crippen LogP) is 2.71. The Morgan fingerprint density at radius 2 is 2.06 bits per heavy atom. The number of fused-ring (bicyclic) bond motifs is 1. The molecule has 0 aromatic carbocycles. The highest BCUT2D eigenvalue weighted by molar-refractivity contribution is 5.90. The number of carbonyl (C=O) groups excluding carboxylic acids is 1. The van der Waals surface area contributed by atoms with Crippen LogP contribution in [0.2, 0.25) is 0 Å². The van der Waals surface area contributed by atoms with Crippen LogP contribution >= 0.6 is 0 Å². The summed E-state index contributed by atoms with van der Waals surface area (Å²) in [7, 11) is 0. The van der Waals surface area contributed by atoms with Crippen LogP contribution in [0.25, 0.3) is 17.1 Å². The average molecular weight is 424 g/mol. The lowest BCUT2D eigenvalue weighted by Crippen LogP contribution is -2.29. The van der Waals surface area contributed by atoms with Crippen LogP contribution in [-0.4, -0.2) is 55.8 Å². The van der Waals surface area contributed by atoms with Crippen molar-refractivity contribution in [3.8, 4) is 0 Å². The van der Waals surface area contributed by atoms with Gasteiger partial charge in [-0.3, -0.25) is 19.9 Å². The van der Waals surface area contributed by atoms with Crippen molar-refractivity contribution in [2.24, 2.45) is 0 Å². The van der Waals surface area contributed by atoms with Gasteiger partial charge in [-0.2, -0.15) is 0 Å². The number of hydroxylamine groups is 1. The lowest BCUT2D eigenvalue weighted by atomic mass is 10.2. The molecule has 0 saturated heterocycles. The van der Waals surface area contributed by atoms with Gasteiger partial charge in [0.25, 0.3) is 5.91 Å². The number of pyridine rings is 2. The van der Waals surface area contributed by atoms with Crippen molar-refractivity contribution in [1.82, 2.24) is 25.3 Å². The molecule has 0 bridgehead atoms. The number of aromatic nitrogens is 3. The number of H-pyrrole nitrogens is 1. The summed E-state index contributed by atoms with van der Waals surface area (Å²) in [6.07, 6.45) is 8.86. The summed E-state index contributed by atoms with van der Waals surface area (Å²) in [5, 5.41) is 18.9. The molecule has 3 rings (SSSR count). The van der Waals surface area contributed by atoms with E-state index in [1.807, 2.05) is 31.3 Å². The van der Waals surface area contributed by atoms with Crippen molar-refractivity contribution in [3.63, 3.8) is 0 Å². The summed E-state index contributed by atoms with van der Waals surface area (Å²) >= 11 is 0. The first kappa shape index (κ1) is 23.9. The molecule has 4 N–H and O–H groups in total. The summed E-state index contributed by atoms with van der Waals surface area (Å²) in [5.74, 6) is -0.605. The Morgan fingerprint density at radius 3 is 2.74 bits per heavy atom. The maximum Gasteiger partial charge on any atom is 0.267 e. The molecule has 0 radical (unpaired) electrons. The van der Waals surface area contributed by atoms with Crippen molar-refractivity contribution < 1.29 is 15.1 Å². The van der Waals surface area contributed by atoms with Gasteiger partial charge < -0.3 is 10.1 Å². The molecule has 3 aromatic rings. The highest BCUT2D eigenvalue weighted by Crippen LogP contribution is 2.12. The number of nitrogens with zero attached hydrogens (tertiary/aromatic N) is 3. The largest absolute Gasteiger partial charge is 0.395 e. The number of carbonyl (C=O) groups is 1. The molecule has 8 heteroatoms. The van der Waals surface area contributed by atoms with Crippen LogP contribution in [0.1, 0.15) is 23.9 Å². The Bertz CT molecular complexity index is 982. The Balaban J connectivity index is 0.00000107. The van der Waals surface area contributed by atoms with Gasteiger partial charge in [0.1, 0.15) is 5.65 Å². The molecule has 3 heterocycles. The van der Waals surface area contributed by atoms with Gasteiger partial charge in [0.2, 0.25) is 0 Å². The quantitative estimate of drug-likeness (QED) is 0.182. The standard InChI is InChI=1S/C20H23N5O3.C3H6/c26-12-11-25(10-8-18-4-2-16-7-9-21-20(16)23-18)14-15-1-3-17(22-13-15)5-6-19(27)24-28;1-3-2/h1-7,9,13,26,28H,8,10-12,14H2,(H,21,23)(H,24,27);3H,1H2,2H3/b6-5+;. The number of hydrogen-bond donors (Lipinski definition) is 4. The molecule has 3 aromatic heterocycles. The topological polar surface area (TPSA) is 114 Å². The van der Waals surface area contributed by atoms with E-state index < -0.39 is 5.91 Å². The van der Waals surface area contributed by atoms with E-state index in [1.54, 1.807) is 18.3 Å². The smallest absolute Gasteiger partial charge is 0.267 e. The number of nitrogens with one attached hydrogen (secondary N) is 2. The number of aliphatic hydroxyl groups is 1. The minimum atomic E-state index is -0.605.